The molecule has 0 aliphatic heterocycles. The van der Waals surface area contributed by atoms with Crippen LogP contribution in [0.2, 0.25) is 0 Å². The highest BCUT2D eigenvalue weighted by molar-refractivity contribution is 5.96. The number of rotatable bonds is 7. The molecule has 1 aliphatic carbocycles. The Morgan fingerprint density at radius 3 is 2.64 bits per heavy atom. The Morgan fingerprint density at radius 2 is 2.04 bits per heavy atom. The molecule has 1 N–H and O–H groups in total. The van der Waals surface area contributed by atoms with Crippen LogP contribution in [0, 0.1) is 5.92 Å². The van der Waals surface area contributed by atoms with Crippen LogP contribution in [0.3, 0.4) is 0 Å². The number of pyridine rings is 1. The molecule has 1 aromatic heterocycles. The lowest BCUT2D eigenvalue weighted by Crippen LogP contribution is -2.46. The van der Waals surface area contributed by atoms with Crippen molar-refractivity contribution in [3.63, 3.8) is 0 Å². The number of esters is 1. The first-order chi connectivity index (χ1) is 11.9. The molecule has 25 heavy (non-hydrogen) atoms. The quantitative estimate of drug-likeness (QED) is 0.765. The van der Waals surface area contributed by atoms with Gasteiger partial charge in [0.2, 0.25) is 0 Å². The van der Waals surface area contributed by atoms with Crippen LogP contribution >= 0.6 is 0 Å². The van der Waals surface area contributed by atoms with Gasteiger partial charge in [-0.05, 0) is 43.2 Å². The van der Waals surface area contributed by atoms with Crippen LogP contribution in [-0.4, -0.2) is 29.6 Å². The number of hydrogen-bond donors (Lipinski definition) is 1. The lowest BCUT2D eigenvalue weighted by atomic mass is 10.0. The third-order valence-corrected chi connectivity index (χ3v) is 4.74. The van der Waals surface area contributed by atoms with Gasteiger partial charge in [-0.3, -0.25) is 9.59 Å². The molecule has 0 radical (unpaired) electrons. The molecule has 0 spiro atoms. The molecule has 1 atom stereocenters. The summed E-state index contributed by atoms with van der Waals surface area (Å²) in [5, 5.41) is 2.67. The second kappa shape index (κ2) is 8.32. The molecule has 0 aromatic carbocycles. The van der Waals surface area contributed by atoms with Crippen molar-refractivity contribution in [2.75, 3.05) is 7.11 Å². The van der Waals surface area contributed by atoms with Gasteiger partial charge in [0, 0.05) is 12.2 Å². The van der Waals surface area contributed by atoms with Crippen molar-refractivity contribution < 1.29 is 14.3 Å². The first-order valence-electron chi connectivity index (χ1n) is 9.05. The highest BCUT2D eigenvalue weighted by atomic mass is 16.5. The zero-order valence-electron chi connectivity index (χ0n) is 15.6. The molecule has 0 unspecified atom stereocenters. The molecule has 1 aromatic rings. The Kier molecular flexibility index (Phi) is 6.39. The molecular formula is C19H28N2O4. The van der Waals surface area contributed by atoms with E-state index < -0.39 is 17.9 Å². The molecule has 2 rings (SSSR count). The van der Waals surface area contributed by atoms with Crippen LogP contribution in [-0.2, 0) is 28.9 Å². The van der Waals surface area contributed by atoms with Gasteiger partial charge in [0.15, 0.2) is 0 Å². The van der Waals surface area contributed by atoms with Crippen molar-refractivity contribution >= 4 is 11.9 Å². The number of methoxy groups -OCH3 is 1. The van der Waals surface area contributed by atoms with E-state index in [9.17, 15) is 14.4 Å². The topological polar surface area (TPSA) is 77.4 Å². The number of ether oxygens (including phenoxy) is 1. The second-order valence-electron chi connectivity index (χ2n) is 6.91. The minimum Gasteiger partial charge on any atom is -0.467 e. The Hall–Kier alpha value is -2.11. The minimum absolute atomic E-state index is 0.117. The monoisotopic (exact) mass is 348 g/mol. The number of hydrogen-bond acceptors (Lipinski definition) is 4. The molecular weight excluding hydrogens is 320 g/mol. The molecule has 0 saturated carbocycles. The lowest BCUT2D eigenvalue weighted by molar-refractivity contribution is -0.144. The van der Waals surface area contributed by atoms with Gasteiger partial charge in [-0.1, -0.05) is 27.2 Å². The summed E-state index contributed by atoms with van der Waals surface area (Å²) in [5.74, 6) is -1.14. The smallest absolute Gasteiger partial charge is 0.328 e. The van der Waals surface area contributed by atoms with E-state index in [1.54, 1.807) is 10.6 Å². The van der Waals surface area contributed by atoms with Gasteiger partial charge in [-0.15, -0.1) is 0 Å². The van der Waals surface area contributed by atoms with Crippen molar-refractivity contribution in [3.8, 4) is 0 Å². The molecule has 0 saturated heterocycles. The minimum atomic E-state index is -0.769. The van der Waals surface area contributed by atoms with Crippen molar-refractivity contribution in [1.82, 2.24) is 9.88 Å². The van der Waals surface area contributed by atoms with Crippen molar-refractivity contribution in [2.45, 2.75) is 65.5 Å². The van der Waals surface area contributed by atoms with E-state index in [0.29, 0.717) is 6.54 Å². The summed E-state index contributed by atoms with van der Waals surface area (Å²) >= 11 is 0. The first-order valence-corrected chi connectivity index (χ1v) is 9.05. The molecule has 1 amide bonds. The van der Waals surface area contributed by atoms with E-state index in [2.05, 4.69) is 12.2 Å². The zero-order chi connectivity index (χ0) is 18.6. The van der Waals surface area contributed by atoms with Crippen molar-refractivity contribution in [1.29, 1.82) is 0 Å². The van der Waals surface area contributed by atoms with Crippen LogP contribution in [0.1, 0.15) is 61.6 Å². The van der Waals surface area contributed by atoms with Gasteiger partial charge in [0.1, 0.15) is 11.6 Å². The summed E-state index contributed by atoms with van der Waals surface area (Å²) in [7, 11) is 1.29. The number of amides is 1. The predicted octanol–water partition coefficient (Wildman–Crippen LogP) is 2.06. The Balaban J connectivity index is 2.36. The largest absolute Gasteiger partial charge is 0.467 e. The Morgan fingerprint density at radius 1 is 1.32 bits per heavy atom. The molecule has 6 nitrogen and oxygen atoms in total. The SMILES string of the molecule is CCCCn1c2c(cc(C(=O)N[C@H](C(=O)OC)C(C)C)c1=O)CCC2. The third-order valence-electron chi connectivity index (χ3n) is 4.74. The predicted molar refractivity (Wildman–Crippen MR) is 95.7 cm³/mol. The van der Waals surface area contributed by atoms with Crippen LogP contribution in [0.25, 0.3) is 0 Å². The van der Waals surface area contributed by atoms with E-state index in [1.165, 1.54) is 7.11 Å². The van der Waals surface area contributed by atoms with Crippen LogP contribution < -0.4 is 10.9 Å². The maximum atomic E-state index is 12.9. The van der Waals surface area contributed by atoms with Crippen LogP contribution in [0.15, 0.2) is 10.9 Å². The highest BCUT2D eigenvalue weighted by Gasteiger charge is 2.28. The Labute approximate surface area is 148 Å². The Bertz CT molecular complexity index is 706. The first kappa shape index (κ1) is 19.2. The fraction of sp³-hybridized carbons (Fsp3) is 0.632. The lowest BCUT2D eigenvalue weighted by Gasteiger charge is -2.20. The number of aromatic nitrogens is 1. The average Bonchev–Trinajstić information content (AvgIpc) is 3.05. The van der Waals surface area contributed by atoms with Gasteiger partial charge in [0.05, 0.1) is 7.11 Å². The third kappa shape index (κ3) is 4.11. The van der Waals surface area contributed by atoms with Gasteiger partial charge < -0.3 is 14.6 Å². The number of carbonyl (C=O) groups excluding carboxylic acids is 2. The normalized spacial score (nSPS) is 14.3. The molecule has 6 heteroatoms. The van der Waals surface area contributed by atoms with E-state index in [-0.39, 0.29) is 17.0 Å². The van der Waals surface area contributed by atoms with Crippen molar-refractivity contribution in [2.24, 2.45) is 5.92 Å². The van der Waals surface area contributed by atoms with Crippen LogP contribution in [0.5, 0.6) is 0 Å². The average molecular weight is 348 g/mol. The molecule has 1 heterocycles. The second-order valence-corrected chi connectivity index (χ2v) is 6.91. The number of aryl methyl sites for hydroxylation is 1. The van der Waals surface area contributed by atoms with Crippen LogP contribution in [0.4, 0.5) is 0 Å². The molecule has 138 valence electrons. The maximum Gasteiger partial charge on any atom is 0.328 e. The fourth-order valence-corrected chi connectivity index (χ4v) is 3.28. The molecule has 0 fully saturated rings. The summed E-state index contributed by atoms with van der Waals surface area (Å²) in [6.45, 7) is 6.35. The summed E-state index contributed by atoms with van der Waals surface area (Å²) < 4.78 is 6.51. The number of unbranched alkanes of at least 4 members (excludes halogenated alkanes) is 1. The van der Waals surface area contributed by atoms with Crippen molar-refractivity contribution in [3.05, 3.63) is 33.2 Å². The maximum absolute atomic E-state index is 12.9. The molecule has 0 bridgehead atoms. The fourth-order valence-electron chi connectivity index (χ4n) is 3.28. The number of carbonyl (C=O) groups is 2. The molecule has 1 aliphatic rings. The van der Waals surface area contributed by atoms with E-state index in [4.69, 9.17) is 4.74 Å². The summed E-state index contributed by atoms with van der Waals surface area (Å²) in [5.41, 5.74) is 1.98. The van der Waals surface area contributed by atoms with Gasteiger partial charge in [-0.2, -0.15) is 0 Å². The van der Waals surface area contributed by atoms with E-state index in [0.717, 1.165) is 43.4 Å². The summed E-state index contributed by atoms with van der Waals surface area (Å²) in [6.07, 6.45) is 4.64. The summed E-state index contributed by atoms with van der Waals surface area (Å²) in [6, 6.07) is 0.936. The van der Waals surface area contributed by atoms with E-state index >= 15 is 0 Å². The zero-order valence-corrected chi connectivity index (χ0v) is 15.6. The number of nitrogens with one attached hydrogen (secondary N) is 1. The van der Waals surface area contributed by atoms with Gasteiger partial charge in [-0.25, -0.2) is 4.79 Å². The van der Waals surface area contributed by atoms with Gasteiger partial charge in [0.25, 0.3) is 11.5 Å². The van der Waals surface area contributed by atoms with Gasteiger partial charge >= 0.3 is 5.97 Å². The number of fused-ring (bicyclic) bond motifs is 1. The number of nitrogens with zero attached hydrogens (tertiary/aromatic N) is 1. The summed E-state index contributed by atoms with van der Waals surface area (Å²) in [4.78, 5) is 37.4. The highest BCUT2D eigenvalue weighted by Crippen LogP contribution is 2.22. The standard InChI is InChI=1S/C19H28N2O4/c1-5-6-10-21-15-9-7-8-13(15)11-14(18(21)23)17(22)20-16(12(2)3)19(24)25-4/h11-12,16H,5-10H2,1-4H3,(H,20,22)/t16-/m0/s1. The van der Waals surface area contributed by atoms with E-state index in [1.807, 2.05) is 13.8 Å².